The highest BCUT2D eigenvalue weighted by Gasteiger charge is 2.22. The van der Waals surface area contributed by atoms with Crippen molar-refractivity contribution in [2.24, 2.45) is 5.92 Å². The number of amides is 1. The second kappa shape index (κ2) is 7.71. The lowest BCUT2D eigenvalue weighted by Crippen LogP contribution is -2.48. The molecular weight excluding hydrogens is 286 g/mol. The van der Waals surface area contributed by atoms with Crippen LogP contribution in [0.2, 0.25) is 0 Å². The van der Waals surface area contributed by atoms with Gasteiger partial charge in [0.1, 0.15) is 0 Å². The van der Waals surface area contributed by atoms with Crippen molar-refractivity contribution in [1.29, 1.82) is 0 Å². The van der Waals surface area contributed by atoms with E-state index in [1.54, 1.807) is 0 Å². The summed E-state index contributed by atoms with van der Waals surface area (Å²) in [6.45, 7) is 3.47. The van der Waals surface area contributed by atoms with E-state index < -0.39 is 0 Å². The number of rotatable bonds is 4. The molecule has 0 bridgehead atoms. The maximum absolute atomic E-state index is 12.4. The van der Waals surface area contributed by atoms with E-state index in [9.17, 15) is 4.79 Å². The lowest BCUT2D eigenvalue weighted by Gasteiger charge is -2.36. The SMILES string of the molecule is Nc1cccc(N2CCN(C(=O)CCC3CCCCC3)CC2)c1. The first-order valence-electron chi connectivity index (χ1n) is 9.10. The molecule has 126 valence electrons. The molecule has 3 rings (SSSR count). The van der Waals surface area contributed by atoms with Crippen molar-refractivity contribution in [1.82, 2.24) is 4.90 Å². The summed E-state index contributed by atoms with van der Waals surface area (Å²) in [5.74, 6) is 1.14. The third kappa shape index (κ3) is 4.40. The smallest absolute Gasteiger partial charge is 0.222 e. The van der Waals surface area contributed by atoms with E-state index in [0.29, 0.717) is 5.91 Å². The topological polar surface area (TPSA) is 49.6 Å². The van der Waals surface area contributed by atoms with Crippen LogP contribution in [0.5, 0.6) is 0 Å². The van der Waals surface area contributed by atoms with Gasteiger partial charge in [-0.25, -0.2) is 0 Å². The predicted octanol–water partition coefficient (Wildman–Crippen LogP) is 3.28. The Kier molecular flexibility index (Phi) is 5.42. The molecule has 0 radical (unpaired) electrons. The van der Waals surface area contributed by atoms with Crippen molar-refractivity contribution in [2.45, 2.75) is 44.9 Å². The Labute approximate surface area is 139 Å². The van der Waals surface area contributed by atoms with Crippen molar-refractivity contribution < 1.29 is 4.79 Å². The summed E-state index contributed by atoms with van der Waals surface area (Å²) >= 11 is 0. The van der Waals surface area contributed by atoms with Crippen LogP contribution in [0.25, 0.3) is 0 Å². The summed E-state index contributed by atoms with van der Waals surface area (Å²) in [7, 11) is 0. The summed E-state index contributed by atoms with van der Waals surface area (Å²) in [4.78, 5) is 16.8. The molecule has 1 amide bonds. The second-order valence-corrected chi connectivity index (χ2v) is 7.01. The number of anilines is 2. The van der Waals surface area contributed by atoms with Crippen LogP contribution in [0.4, 0.5) is 11.4 Å². The van der Waals surface area contributed by atoms with Crippen molar-refractivity contribution in [3.63, 3.8) is 0 Å². The van der Waals surface area contributed by atoms with E-state index in [1.165, 1.54) is 37.8 Å². The zero-order valence-corrected chi connectivity index (χ0v) is 14.0. The molecule has 0 unspecified atom stereocenters. The molecule has 0 spiro atoms. The number of nitrogen functional groups attached to an aromatic ring is 1. The molecule has 0 atom stereocenters. The van der Waals surface area contributed by atoms with Crippen LogP contribution in [0, 0.1) is 5.92 Å². The molecule has 2 fully saturated rings. The maximum atomic E-state index is 12.4. The lowest BCUT2D eigenvalue weighted by molar-refractivity contribution is -0.131. The number of hydrogen-bond donors (Lipinski definition) is 1. The minimum atomic E-state index is 0.350. The molecule has 0 aromatic heterocycles. The van der Waals surface area contributed by atoms with E-state index >= 15 is 0 Å². The molecule has 1 saturated heterocycles. The third-order valence-electron chi connectivity index (χ3n) is 5.36. The Bertz CT molecular complexity index is 517. The fraction of sp³-hybridized carbons (Fsp3) is 0.632. The van der Waals surface area contributed by atoms with Crippen molar-refractivity contribution in [2.75, 3.05) is 36.8 Å². The number of benzene rings is 1. The normalized spacial score (nSPS) is 19.8. The van der Waals surface area contributed by atoms with Crippen molar-refractivity contribution in [3.8, 4) is 0 Å². The molecule has 1 aliphatic carbocycles. The number of nitrogens with two attached hydrogens (primary N) is 1. The molecule has 1 aliphatic heterocycles. The Balaban J connectivity index is 1.43. The summed E-state index contributed by atoms with van der Waals surface area (Å²) in [6, 6.07) is 8.01. The minimum Gasteiger partial charge on any atom is -0.399 e. The fourth-order valence-corrected chi connectivity index (χ4v) is 3.90. The number of nitrogens with zero attached hydrogens (tertiary/aromatic N) is 2. The average Bonchev–Trinajstić information content (AvgIpc) is 2.61. The van der Waals surface area contributed by atoms with E-state index in [0.717, 1.165) is 50.6 Å². The second-order valence-electron chi connectivity index (χ2n) is 7.01. The Morgan fingerprint density at radius 3 is 2.52 bits per heavy atom. The zero-order valence-electron chi connectivity index (χ0n) is 14.0. The van der Waals surface area contributed by atoms with Gasteiger partial charge in [-0.3, -0.25) is 4.79 Å². The summed E-state index contributed by atoms with van der Waals surface area (Å²) in [6.07, 6.45) is 8.59. The van der Waals surface area contributed by atoms with Crippen LogP contribution in [-0.4, -0.2) is 37.0 Å². The highest BCUT2D eigenvalue weighted by atomic mass is 16.2. The molecule has 1 aromatic carbocycles. The highest BCUT2D eigenvalue weighted by Crippen LogP contribution is 2.27. The van der Waals surface area contributed by atoms with Crippen molar-refractivity contribution in [3.05, 3.63) is 24.3 Å². The Morgan fingerprint density at radius 2 is 1.83 bits per heavy atom. The van der Waals surface area contributed by atoms with Gasteiger partial charge in [0, 0.05) is 44.0 Å². The van der Waals surface area contributed by atoms with E-state index in [-0.39, 0.29) is 0 Å². The van der Waals surface area contributed by atoms with Crippen LogP contribution in [-0.2, 0) is 4.79 Å². The van der Waals surface area contributed by atoms with Gasteiger partial charge in [-0.05, 0) is 30.5 Å². The Morgan fingerprint density at radius 1 is 1.09 bits per heavy atom. The zero-order chi connectivity index (χ0) is 16.1. The predicted molar refractivity (Wildman–Crippen MR) is 95.5 cm³/mol. The number of carbonyl (C=O) groups is 1. The summed E-state index contributed by atoms with van der Waals surface area (Å²) < 4.78 is 0. The lowest BCUT2D eigenvalue weighted by atomic mass is 9.86. The maximum Gasteiger partial charge on any atom is 0.222 e. The van der Waals surface area contributed by atoms with Crippen LogP contribution < -0.4 is 10.6 Å². The molecule has 2 aliphatic rings. The molecular formula is C19H29N3O. The largest absolute Gasteiger partial charge is 0.399 e. The van der Waals surface area contributed by atoms with Crippen LogP contribution in [0.15, 0.2) is 24.3 Å². The number of hydrogen-bond acceptors (Lipinski definition) is 3. The average molecular weight is 315 g/mol. The first kappa shape index (κ1) is 16.2. The van der Waals surface area contributed by atoms with Crippen LogP contribution in [0.1, 0.15) is 44.9 Å². The first-order valence-corrected chi connectivity index (χ1v) is 9.10. The molecule has 2 N–H and O–H groups in total. The molecule has 1 saturated carbocycles. The van der Waals surface area contributed by atoms with Gasteiger partial charge in [0.25, 0.3) is 0 Å². The molecule has 1 heterocycles. The minimum absolute atomic E-state index is 0.350. The molecule has 4 nitrogen and oxygen atoms in total. The van der Waals surface area contributed by atoms with Gasteiger partial charge in [-0.2, -0.15) is 0 Å². The van der Waals surface area contributed by atoms with Gasteiger partial charge in [0.05, 0.1) is 0 Å². The Hall–Kier alpha value is -1.71. The quantitative estimate of drug-likeness (QED) is 0.868. The standard InChI is InChI=1S/C19H29N3O/c20-17-7-4-8-18(15-17)21-11-13-22(14-12-21)19(23)10-9-16-5-2-1-3-6-16/h4,7-8,15-16H,1-3,5-6,9-14,20H2. The van der Waals surface area contributed by atoms with Crippen LogP contribution in [0.3, 0.4) is 0 Å². The first-order chi connectivity index (χ1) is 11.2. The number of piperazine rings is 1. The fourth-order valence-electron chi connectivity index (χ4n) is 3.90. The van der Waals surface area contributed by atoms with E-state index in [1.807, 2.05) is 23.1 Å². The van der Waals surface area contributed by atoms with Gasteiger partial charge in [0.2, 0.25) is 5.91 Å². The monoisotopic (exact) mass is 315 g/mol. The van der Waals surface area contributed by atoms with E-state index in [2.05, 4.69) is 11.0 Å². The molecule has 1 aromatic rings. The van der Waals surface area contributed by atoms with Crippen molar-refractivity contribution >= 4 is 17.3 Å². The number of carbonyl (C=O) groups excluding carboxylic acids is 1. The van der Waals surface area contributed by atoms with Gasteiger partial charge < -0.3 is 15.5 Å². The molecule has 23 heavy (non-hydrogen) atoms. The molecule has 4 heteroatoms. The third-order valence-corrected chi connectivity index (χ3v) is 5.36. The van der Waals surface area contributed by atoms with Gasteiger partial charge in [0.15, 0.2) is 0 Å². The van der Waals surface area contributed by atoms with Gasteiger partial charge >= 0.3 is 0 Å². The van der Waals surface area contributed by atoms with Gasteiger partial charge in [-0.15, -0.1) is 0 Å². The van der Waals surface area contributed by atoms with Gasteiger partial charge in [-0.1, -0.05) is 38.2 Å². The summed E-state index contributed by atoms with van der Waals surface area (Å²) in [5.41, 5.74) is 7.83. The van der Waals surface area contributed by atoms with E-state index in [4.69, 9.17) is 5.73 Å². The highest BCUT2D eigenvalue weighted by molar-refractivity contribution is 5.76. The summed E-state index contributed by atoms with van der Waals surface area (Å²) in [5, 5.41) is 0. The van der Waals surface area contributed by atoms with Crippen LogP contribution >= 0.6 is 0 Å².